The van der Waals surface area contributed by atoms with Gasteiger partial charge in [-0.2, -0.15) is 5.10 Å². The molecule has 8 heteroatoms. The third-order valence-corrected chi connectivity index (χ3v) is 4.53. The lowest BCUT2D eigenvalue weighted by atomic mass is 10.2. The third-order valence-electron chi connectivity index (χ3n) is 4.53. The first-order chi connectivity index (χ1) is 15.4. The maximum Gasteiger partial charge on any atom is 0.310 e. The average Bonchev–Trinajstić information content (AvgIpc) is 2.79. The van der Waals surface area contributed by atoms with Crippen LogP contribution in [0, 0.1) is 17.0 Å². The van der Waals surface area contributed by atoms with Crippen LogP contribution in [-0.2, 0) is 11.4 Å². The van der Waals surface area contributed by atoms with Crippen molar-refractivity contribution >= 4 is 17.8 Å². The van der Waals surface area contributed by atoms with E-state index in [0.29, 0.717) is 6.61 Å². The molecular weight excluding hydrogens is 410 g/mol. The van der Waals surface area contributed by atoms with Crippen LogP contribution in [0.3, 0.4) is 0 Å². The van der Waals surface area contributed by atoms with Crippen molar-refractivity contribution in [2.24, 2.45) is 5.10 Å². The summed E-state index contributed by atoms with van der Waals surface area (Å²) in [6, 6.07) is 21.3. The Morgan fingerprint density at radius 1 is 1.09 bits per heavy atom. The Morgan fingerprint density at radius 3 is 2.47 bits per heavy atom. The van der Waals surface area contributed by atoms with Crippen LogP contribution in [0.1, 0.15) is 23.6 Å². The second-order valence-corrected chi connectivity index (χ2v) is 7.06. The first kappa shape index (κ1) is 22.5. The molecule has 0 heterocycles. The first-order valence-corrected chi connectivity index (χ1v) is 9.94. The van der Waals surface area contributed by atoms with Gasteiger partial charge in [0.15, 0.2) is 11.9 Å². The highest BCUT2D eigenvalue weighted by molar-refractivity contribution is 5.84. The number of carbonyl (C=O) groups excluding carboxylic acids is 1. The second kappa shape index (κ2) is 10.7. The summed E-state index contributed by atoms with van der Waals surface area (Å²) in [5.74, 6) is 0.209. The Morgan fingerprint density at radius 2 is 1.78 bits per heavy atom. The molecule has 0 aliphatic heterocycles. The summed E-state index contributed by atoms with van der Waals surface area (Å²) in [7, 11) is 0. The van der Waals surface area contributed by atoms with Crippen molar-refractivity contribution < 1.29 is 19.2 Å². The maximum atomic E-state index is 12.2. The zero-order valence-corrected chi connectivity index (χ0v) is 17.7. The van der Waals surface area contributed by atoms with Crippen molar-refractivity contribution in [3.05, 3.63) is 99.6 Å². The number of nitro groups is 1. The van der Waals surface area contributed by atoms with Gasteiger partial charge in [-0.15, -0.1) is 0 Å². The van der Waals surface area contributed by atoms with E-state index in [4.69, 9.17) is 9.47 Å². The predicted molar refractivity (Wildman–Crippen MR) is 121 cm³/mol. The van der Waals surface area contributed by atoms with E-state index in [1.165, 1.54) is 36.9 Å². The van der Waals surface area contributed by atoms with Gasteiger partial charge < -0.3 is 9.47 Å². The SMILES string of the molecule is Cc1ccc(COc2ccc(/C=N/NC(=O)C(C)Oc3ccccc3[N+](=O)[O-])cc2)cc1. The number of hydrogen-bond donors (Lipinski definition) is 1. The zero-order chi connectivity index (χ0) is 22.9. The van der Waals surface area contributed by atoms with Gasteiger partial charge in [-0.3, -0.25) is 14.9 Å². The summed E-state index contributed by atoms with van der Waals surface area (Å²) in [6.07, 6.45) is 0.519. The number of nitrogens with zero attached hydrogens (tertiary/aromatic N) is 2. The van der Waals surface area contributed by atoms with E-state index >= 15 is 0 Å². The molecule has 0 radical (unpaired) electrons. The maximum absolute atomic E-state index is 12.2. The lowest BCUT2D eigenvalue weighted by Gasteiger charge is -2.12. The molecule has 8 nitrogen and oxygen atoms in total. The number of nitro benzene ring substituents is 1. The number of aryl methyl sites for hydroxylation is 1. The van der Waals surface area contributed by atoms with Crippen LogP contribution in [0.15, 0.2) is 77.9 Å². The number of benzene rings is 3. The highest BCUT2D eigenvalue weighted by atomic mass is 16.6. The van der Waals surface area contributed by atoms with Crippen LogP contribution in [0.4, 0.5) is 5.69 Å². The second-order valence-electron chi connectivity index (χ2n) is 7.06. The minimum Gasteiger partial charge on any atom is -0.489 e. The van der Waals surface area contributed by atoms with Crippen molar-refractivity contribution in [3.63, 3.8) is 0 Å². The number of nitrogens with one attached hydrogen (secondary N) is 1. The summed E-state index contributed by atoms with van der Waals surface area (Å²) in [4.78, 5) is 22.7. The number of hydrogen-bond acceptors (Lipinski definition) is 6. The van der Waals surface area contributed by atoms with E-state index in [1.54, 1.807) is 6.07 Å². The fourth-order valence-electron chi connectivity index (χ4n) is 2.71. The lowest BCUT2D eigenvalue weighted by Crippen LogP contribution is -2.33. The van der Waals surface area contributed by atoms with Gasteiger partial charge in [0.25, 0.3) is 5.91 Å². The summed E-state index contributed by atoms with van der Waals surface area (Å²) < 4.78 is 11.2. The number of rotatable bonds is 9. The highest BCUT2D eigenvalue weighted by Gasteiger charge is 2.20. The van der Waals surface area contributed by atoms with E-state index < -0.39 is 16.9 Å². The number of ether oxygens (including phenoxy) is 2. The molecule has 0 aromatic heterocycles. The van der Waals surface area contributed by atoms with Crippen LogP contribution < -0.4 is 14.9 Å². The quantitative estimate of drug-likeness (QED) is 0.306. The molecule has 0 spiro atoms. The number of amides is 1. The van der Waals surface area contributed by atoms with Gasteiger partial charge in [-0.05, 0) is 55.3 Å². The molecule has 3 aromatic carbocycles. The Balaban J connectivity index is 1.49. The van der Waals surface area contributed by atoms with Gasteiger partial charge >= 0.3 is 5.69 Å². The fourth-order valence-corrected chi connectivity index (χ4v) is 2.71. The number of hydrazone groups is 1. The van der Waals surface area contributed by atoms with E-state index in [9.17, 15) is 14.9 Å². The van der Waals surface area contributed by atoms with Crippen LogP contribution in [0.25, 0.3) is 0 Å². The van der Waals surface area contributed by atoms with Crippen LogP contribution >= 0.6 is 0 Å². The predicted octanol–water partition coefficient (Wildman–Crippen LogP) is 4.40. The lowest BCUT2D eigenvalue weighted by molar-refractivity contribution is -0.386. The van der Waals surface area contributed by atoms with Crippen molar-refractivity contribution in [2.45, 2.75) is 26.6 Å². The molecule has 0 aliphatic carbocycles. The number of carbonyl (C=O) groups is 1. The number of para-hydroxylation sites is 2. The molecule has 0 fully saturated rings. The van der Waals surface area contributed by atoms with E-state index in [0.717, 1.165) is 16.9 Å². The molecule has 32 heavy (non-hydrogen) atoms. The van der Waals surface area contributed by atoms with E-state index in [2.05, 4.69) is 10.5 Å². The molecule has 0 bridgehead atoms. The molecule has 3 aromatic rings. The highest BCUT2D eigenvalue weighted by Crippen LogP contribution is 2.26. The Hall–Kier alpha value is -4.20. The van der Waals surface area contributed by atoms with Gasteiger partial charge in [-0.1, -0.05) is 42.0 Å². The van der Waals surface area contributed by atoms with Gasteiger partial charge in [0.1, 0.15) is 12.4 Å². The molecule has 3 rings (SSSR count). The van der Waals surface area contributed by atoms with Gasteiger partial charge in [0.2, 0.25) is 0 Å². The standard InChI is InChI=1S/C24H23N3O5/c1-17-7-9-20(10-8-17)16-31-21-13-11-19(12-14-21)15-25-26-24(28)18(2)32-23-6-4-3-5-22(23)27(29)30/h3-15,18H,16H2,1-2H3,(H,26,28)/b25-15+. The van der Waals surface area contributed by atoms with Gasteiger partial charge in [-0.25, -0.2) is 5.43 Å². The average molecular weight is 433 g/mol. The normalized spacial score (nSPS) is 11.7. The van der Waals surface area contributed by atoms with Crippen LogP contribution in [0.5, 0.6) is 11.5 Å². The van der Waals surface area contributed by atoms with Crippen molar-refractivity contribution in [3.8, 4) is 11.5 Å². The van der Waals surface area contributed by atoms with Crippen LogP contribution in [0.2, 0.25) is 0 Å². The fraction of sp³-hybridized carbons (Fsp3) is 0.167. The molecule has 1 unspecified atom stereocenters. The minimum absolute atomic E-state index is 0.0188. The Bertz CT molecular complexity index is 1100. The third kappa shape index (κ3) is 6.40. The van der Waals surface area contributed by atoms with Crippen LogP contribution in [-0.4, -0.2) is 23.1 Å². The summed E-state index contributed by atoms with van der Waals surface area (Å²) >= 11 is 0. The molecule has 0 aliphatic rings. The molecule has 1 amide bonds. The molecular formula is C24H23N3O5. The van der Waals surface area contributed by atoms with Crippen molar-refractivity contribution in [2.75, 3.05) is 0 Å². The smallest absolute Gasteiger partial charge is 0.310 e. The van der Waals surface area contributed by atoms with Gasteiger partial charge in [0, 0.05) is 6.07 Å². The topological polar surface area (TPSA) is 103 Å². The Kier molecular flexibility index (Phi) is 7.53. The zero-order valence-electron chi connectivity index (χ0n) is 17.7. The summed E-state index contributed by atoms with van der Waals surface area (Å²) in [6.45, 7) is 4.00. The molecule has 0 saturated carbocycles. The van der Waals surface area contributed by atoms with E-state index in [-0.39, 0.29) is 11.4 Å². The van der Waals surface area contributed by atoms with Crippen molar-refractivity contribution in [1.82, 2.24) is 5.43 Å². The summed E-state index contributed by atoms with van der Waals surface area (Å²) in [5.41, 5.74) is 5.21. The monoisotopic (exact) mass is 433 g/mol. The van der Waals surface area contributed by atoms with Gasteiger partial charge in [0.05, 0.1) is 11.1 Å². The largest absolute Gasteiger partial charge is 0.489 e. The molecule has 0 saturated heterocycles. The molecule has 1 atom stereocenters. The molecule has 164 valence electrons. The summed E-state index contributed by atoms with van der Waals surface area (Å²) in [5, 5.41) is 15.0. The van der Waals surface area contributed by atoms with Crippen molar-refractivity contribution in [1.29, 1.82) is 0 Å². The first-order valence-electron chi connectivity index (χ1n) is 9.94. The van der Waals surface area contributed by atoms with E-state index in [1.807, 2.05) is 55.5 Å². The molecule has 1 N–H and O–H groups in total. The minimum atomic E-state index is -0.967. The Labute approximate surface area is 185 Å².